The molecule has 2 rings (SSSR count). The zero-order valence-electron chi connectivity index (χ0n) is 11.3. The molecule has 1 aromatic carbocycles. The first-order valence-corrected chi connectivity index (χ1v) is 8.22. The third-order valence-corrected chi connectivity index (χ3v) is 5.18. The van der Waals surface area contributed by atoms with Crippen LogP contribution in [0.15, 0.2) is 24.3 Å². The van der Waals surface area contributed by atoms with Gasteiger partial charge >= 0.3 is 0 Å². The van der Waals surface area contributed by atoms with Gasteiger partial charge in [-0.1, -0.05) is 26.0 Å². The van der Waals surface area contributed by atoms with E-state index in [9.17, 15) is 12.8 Å². The van der Waals surface area contributed by atoms with Gasteiger partial charge in [0, 0.05) is 12.0 Å². The lowest BCUT2D eigenvalue weighted by Gasteiger charge is -2.17. The fraction of sp³-hybridized carbons (Fsp3) is 0.571. The summed E-state index contributed by atoms with van der Waals surface area (Å²) in [7, 11) is -3.21. The van der Waals surface area contributed by atoms with E-state index in [4.69, 9.17) is 0 Å². The monoisotopic (exact) mass is 285 g/mol. The molecule has 0 aliphatic heterocycles. The Morgan fingerprint density at radius 1 is 1.26 bits per heavy atom. The Balaban J connectivity index is 2.01. The molecule has 0 unspecified atom stereocenters. The van der Waals surface area contributed by atoms with Crippen molar-refractivity contribution in [2.24, 2.45) is 5.92 Å². The standard InChI is InChI=1S/C14H20FNO2S/c1-11(2)9-19(17,18)16-10-14(7-8-14)12-3-5-13(15)6-4-12/h3-6,11,16H,7-10H2,1-2H3. The van der Waals surface area contributed by atoms with Crippen molar-refractivity contribution >= 4 is 10.0 Å². The summed E-state index contributed by atoms with van der Waals surface area (Å²) in [6.45, 7) is 4.17. The second-order valence-electron chi connectivity index (χ2n) is 5.78. The van der Waals surface area contributed by atoms with Gasteiger partial charge in [0.05, 0.1) is 5.75 Å². The summed E-state index contributed by atoms with van der Waals surface area (Å²) in [6, 6.07) is 6.36. The van der Waals surface area contributed by atoms with E-state index in [1.54, 1.807) is 12.1 Å². The number of hydrogen-bond donors (Lipinski definition) is 1. The Morgan fingerprint density at radius 3 is 2.32 bits per heavy atom. The molecule has 1 aromatic rings. The van der Waals surface area contributed by atoms with Crippen molar-refractivity contribution in [3.63, 3.8) is 0 Å². The van der Waals surface area contributed by atoms with Gasteiger partial charge in [-0.25, -0.2) is 17.5 Å². The van der Waals surface area contributed by atoms with E-state index in [-0.39, 0.29) is 22.9 Å². The molecule has 0 atom stereocenters. The highest BCUT2D eigenvalue weighted by molar-refractivity contribution is 7.89. The summed E-state index contributed by atoms with van der Waals surface area (Å²) in [6.07, 6.45) is 1.89. The zero-order valence-corrected chi connectivity index (χ0v) is 12.1. The van der Waals surface area contributed by atoms with Crippen molar-refractivity contribution in [1.82, 2.24) is 4.72 Å². The van der Waals surface area contributed by atoms with Crippen molar-refractivity contribution < 1.29 is 12.8 Å². The lowest BCUT2D eigenvalue weighted by atomic mass is 9.96. The van der Waals surface area contributed by atoms with Crippen LogP contribution in [-0.2, 0) is 15.4 Å². The third kappa shape index (κ3) is 3.76. The van der Waals surface area contributed by atoms with Crippen LogP contribution < -0.4 is 4.72 Å². The smallest absolute Gasteiger partial charge is 0.211 e. The van der Waals surface area contributed by atoms with Crippen molar-refractivity contribution in [2.45, 2.75) is 32.1 Å². The first kappa shape index (κ1) is 14.5. The average molecular weight is 285 g/mol. The summed E-state index contributed by atoms with van der Waals surface area (Å²) in [5, 5.41) is 0. The maximum absolute atomic E-state index is 12.9. The SMILES string of the molecule is CC(C)CS(=O)(=O)NCC1(c2ccc(F)cc2)CC1. The van der Waals surface area contributed by atoms with Crippen LogP contribution in [0.5, 0.6) is 0 Å². The Kier molecular flexibility index (Phi) is 3.97. The summed E-state index contributed by atoms with van der Waals surface area (Å²) in [5.74, 6) is -0.00891. The molecule has 0 amide bonds. The fourth-order valence-corrected chi connectivity index (χ4v) is 3.76. The number of nitrogens with one attached hydrogen (secondary N) is 1. The summed E-state index contributed by atoms with van der Waals surface area (Å²) in [5.41, 5.74) is 0.888. The van der Waals surface area contributed by atoms with Crippen LogP contribution in [0.3, 0.4) is 0 Å². The lowest BCUT2D eigenvalue weighted by molar-refractivity contribution is 0.555. The third-order valence-electron chi connectivity index (χ3n) is 3.49. The Hall–Kier alpha value is -0.940. The molecule has 1 fully saturated rings. The molecular formula is C14H20FNO2S. The second-order valence-corrected chi connectivity index (χ2v) is 7.64. The van der Waals surface area contributed by atoms with Crippen molar-refractivity contribution in [2.75, 3.05) is 12.3 Å². The average Bonchev–Trinajstić information content (AvgIpc) is 3.07. The Bertz CT molecular complexity index is 533. The second kappa shape index (κ2) is 5.21. The molecule has 0 heterocycles. The van der Waals surface area contributed by atoms with Crippen molar-refractivity contribution in [3.05, 3.63) is 35.6 Å². The molecule has 1 saturated carbocycles. The molecular weight excluding hydrogens is 265 g/mol. The minimum atomic E-state index is -3.21. The fourth-order valence-electron chi connectivity index (χ4n) is 2.27. The van der Waals surface area contributed by atoms with Gasteiger partial charge in [-0.05, 0) is 36.5 Å². The molecule has 3 nitrogen and oxygen atoms in total. The van der Waals surface area contributed by atoms with E-state index < -0.39 is 10.0 Å². The summed E-state index contributed by atoms with van der Waals surface area (Å²) >= 11 is 0. The highest BCUT2D eigenvalue weighted by Gasteiger charge is 2.44. The van der Waals surface area contributed by atoms with Gasteiger partial charge < -0.3 is 0 Å². The van der Waals surface area contributed by atoms with E-state index >= 15 is 0 Å². The maximum Gasteiger partial charge on any atom is 0.211 e. The number of halogens is 1. The van der Waals surface area contributed by atoms with Crippen LogP contribution >= 0.6 is 0 Å². The van der Waals surface area contributed by atoms with E-state index in [0.29, 0.717) is 6.54 Å². The molecule has 1 aliphatic rings. The van der Waals surface area contributed by atoms with Gasteiger partial charge in [-0.15, -0.1) is 0 Å². The number of sulfonamides is 1. The topological polar surface area (TPSA) is 46.2 Å². The quantitative estimate of drug-likeness (QED) is 0.872. The van der Waals surface area contributed by atoms with Crippen molar-refractivity contribution in [1.29, 1.82) is 0 Å². The predicted octanol–water partition coefficient (Wildman–Crippen LogP) is 2.43. The number of benzene rings is 1. The maximum atomic E-state index is 12.9. The lowest BCUT2D eigenvalue weighted by Crippen LogP contribution is -2.35. The molecule has 1 N–H and O–H groups in total. The van der Waals surface area contributed by atoms with Gasteiger partial charge in [0.25, 0.3) is 0 Å². The largest absolute Gasteiger partial charge is 0.214 e. The predicted molar refractivity (Wildman–Crippen MR) is 73.9 cm³/mol. The number of rotatable bonds is 6. The zero-order chi connectivity index (χ0) is 14.1. The van der Waals surface area contributed by atoms with Gasteiger partial charge in [-0.3, -0.25) is 0 Å². The molecule has 0 aromatic heterocycles. The highest BCUT2D eigenvalue weighted by atomic mass is 32.2. The Labute approximate surface area is 114 Å². The number of hydrogen-bond acceptors (Lipinski definition) is 2. The molecule has 0 spiro atoms. The summed E-state index contributed by atoms with van der Waals surface area (Å²) < 4.78 is 39.2. The van der Waals surface area contributed by atoms with Crippen LogP contribution in [0.25, 0.3) is 0 Å². The van der Waals surface area contributed by atoms with E-state index in [0.717, 1.165) is 18.4 Å². The van der Waals surface area contributed by atoms with Crippen LogP contribution in [0.4, 0.5) is 4.39 Å². The van der Waals surface area contributed by atoms with Crippen LogP contribution in [0, 0.1) is 11.7 Å². The molecule has 0 saturated heterocycles. The molecule has 19 heavy (non-hydrogen) atoms. The van der Waals surface area contributed by atoms with Crippen LogP contribution in [0.1, 0.15) is 32.3 Å². The van der Waals surface area contributed by atoms with Gasteiger partial charge in [0.1, 0.15) is 5.82 Å². The summed E-state index contributed by atoms with van der Waals surface area (Å²) in [4.78, 5) is 0. The normalized spacial score (nSPS) is 17.7. The van der Waals surface area contributed by atoms with Gasteiger partial charge in [0.2, 0.25) is 10.0 Å². The van der Waals surface area contributed by atoms with Gasteiger partial charge in [0.15, 0.2) is 0 Å². The molecule has 106 valence electrons. The van der Waals surface area contributed by atoms with E-state index in [1.807, 2.05) is 13.8 Å². The van der Waals surface area contributed by atoms with E-state index in [1.165, 1.54) is 12.1 Å². The Morgan fingerprint density at radius 2 is 1.84 bits per heavy atom. The highest BCUT2D eigenvalue weighted by Crippen LogP contribution is 2.47. The molecule has 0 radical (unpaired) electrons. The molecule has 1 aliphatic carbocycles. The minimum Gasteiger partial charge on any atom is -0.214 e. The minimum absolute atomic E-state index is 0.110. The van der Waals surface area contributed by atoms with Crippen LogP contribution in [-0.4, -0.2) is 20.7 Å². The first-order valence-electron chi connectivity index (χ1n) is 6.56. The molecule has 0 bridgehead atoms. The first-order chi connectivity index (χ1) is 8.83. The van der Waals surface area contributed by atoms with Crippen LogP contribution in [0.2, 0.25) is 0 Å². The van der Waals surface area contributed by atoms with E-state index in [2.05, 4.69) is 4.72 Å². The molecule has 5 heteroatoms. The van der Waals surface area contributed by atoms with Crippen molar-refractivity contribution in [3.8, 4) is 0 Å². The van der Waals surface area contributed by atoms with Gasteiger partial charge in [-0.2, -0.15) is 0 Å².